The van der Waals surface area contributed by atoms with E-state index < -0.39 is 0 Å². The fourth-order valence-electron chi connectivity index (χ4n) is 4.20. The van der Waals surface area contributed by atoms with Crippen molar-refractivity contribution in [3.63, 3.8) is 0 Å². The van der Waals surface area contributed by atoms with E-state index >= 15 is 0 Å². The van der Waals surface area contributed by atoms with Crippen LogP contribution in [-0.2, 0) is 13.0 Å². The highest BCUT2D eigenvalue weighted by atomic mass is 35.5. The van der Waals surface area contributed by atoms with Crippen molar-refractivity contribution in [2.45, 2.75) is 46.6 Å². The molecule has 0 saturated heterocycles. The van der Waals surface area contributed by atoms with Crippen LogP contribution in [0.3, 0.4) is 0 Å². The first kappa shape index (κ1) is 22.1. The lowest BCUT2D eigenvalue weighted by Gasteiger charge is -2.19. The predicted molar refractivity (Wildman–Crippen MR) is 132 cm³/mol. The van der Waals surface area contributed by atoms with Gasteiger partial charge in [0.1, 0.15) is 5.82 Å². The highest BCUT2D eigenvalue weighted by Gasteiger charge is 2.20. The van der Waals surface area contributed by atoms with Gasteiger partial charge in [0.05, 0.1) is 29.2 Å². The van der Waals surface area contributed by atoms with Gasteiger partial charge in [0.2, 0.25) is 0 Å². The zero-order valence-electron chi connectivity index (χ0n) is 19.1. The van der Waals surface area contributed by atoms with Crippen LogP contribution in [0.1, 0.15) is 61.7 Å². The van der Waals surface area contributed by atoms with Crippen LogP contribution in [0.15, 0.2) is 66.7 Å². The van der Waals surface area contributed by atoms with Crippen molar-refractivity contribution in [2.75, 3.05) is 0 Å². The Labute approximate surface area is 195 Å². The Kier molecular flexibility index (Phi) is 6.09. The number of imidazole rings is 1. The van der Waals surface area contributed by atoms with Crippen molar-refractivity contribution in [2.24, 2.45) is 5.41 Å². The SMILES string of the molecule is CC(c1ccc(CC(C)(C)C)cc1)c1nc2cc(C#N)ccc2n1Cc1ccccc1Cl. The molecule has 3 aromatic carbocycles. The summed E-state index contributed by atoms with van der Waals surface area (Å²) < 4.78 is 2.23. The van der Waals surface area contributed by atoms with Crippen LogP contribution >= 0.6 is 11.6 Å². The van der Waals surface area contributed by atoms with E-state index in [1.54, 1.807) is 0 Å². The van der Waals surface area contributed by atoms with Crippen molar-refractivity contribution in [1.29, 1.82) is 5.26 Å². The van der Waals surface area contributed by atoms with Crippen molar-refractivity contribution in [3.8, 4) is 6.07 Å². The lowest BCUT2D eigenvalue weighted by Crippen LogP contribution is -2.11. The van der Waals surface area contributed by atoms with Gasteiger partial charge in [-0.15, -0.1) is 0 Å². The highest BCUT2D eigenvalue weighted by Crippen LogP contribution is 2.30. The van der Waals surface area contributed by atoms with Gasteiger partial charge in [0.15, 0.2) is 0 Å². The Hall–Kier alpha value is -3.09. The Bertz CT molecular complexity index is 1290. The zero-order chi connectivity index (χ0) is 22.9. The van der Waals surface area contributed by atoms with Crippen LogP contribution in [0.25, 0.3) is 11.0 Å². The minimum absolute atomic E-state index is 0.0964. The van der Waals surface area contributed by atoms with E-state index in [1.165, 1.54) is 11.1 Å². The number of halogens is 1. The lowest BCUT2D eigenvalue weighted by molar-refractivity contribution is 0.411. The first-order chi connectivity index (χ1) is 15.2. The maximum Gasteiger partial charge on any atom is 0.117 e. The molecular formula is C28H28ClN3. The maximum absolute atomic E-state index is 9.34. The normalized spacial score (nSPS) is 12.6. The Morgan fingerprint density at radius 2 is 1.75 bits per heavy atom. The Balaban J connectivity index is 1.76. The number of rotatable bonds is 5. The van der Waals surface area contributed by atoms with Gasteiger partial charge in [-0.3, -0.25) is 0 Å². The van der Waals surface area contributed by atoms with E-state index in [-0.39, 0.29) is 11.3 Å². The molecule has 4 aromatic rings. The van der Waals surface area contributed by atoms with E-state index in [9.17, 15) is 5.26 Å². The third kappa shape index (κ3) is 4.71. The summed E-state index contributed by atoms with van der Waals surface area (Å²) in [7, 11) is 0. The molecule has 1 heterocycles. The fourth-order valence-corrected chi connectivity index (χ4v) is 4.39. The average Bonchev–Trinajstić information content (AvgIpc) is 3.11. The second-order valence-corrected chi connectivity index (χ2v) is 10.1. The number of fused-ring (bicyclic) bond motifs is 1. The third-order valence-electron chi connectivity index (χ3n) is 5.79. The predicted octanol–water partition coefficient (Wildman–Crippen LogP) is 7.35. The Morgan fingerprint density at radius 1 is 1.03 bits per heavy atom. The third-order valence-corrected chi connectivity index (χ3v) is 6.16. The van der Waals surface area contributed by atoms with Gasteiger partial charge in [-0.2, -0.15) is 5.26 Å². The summed E-state index contributed by atoms with van der Waals surface area (Å²) >= 11 is 6.48. The smallest absolute Gasteiger partial charge is 0.117 e. The molecule has 0 aliphatic heterocycles. The molecule has 0 spiro atoms. The van der Waals surface area contributed by atoms with Gasteiger partial charge in [-0.05, 0) is 52.8 Å². The van der Waals surface area contributed by atoms with Crippen LogP contribution in [-0.4, -0.2) is 9.55 Å². The molecule has 162 valence electrons. The molecule has 0 radical (unpaired) electrons. The summed E-state index contributed by atoms with van der Waals surface area (Å²) in [6, 6.07) is 24.7. The number of nitrogens with zero attached hydrogens (tertiary/aromatic N) is 3. The second kappa shape index (κ2) is 8.81. The van der Waals surface area contributed by atoms with Gasteiger partial charge < -0.3 is 4.57 Å². The minimum atomic E-state index is 0.0964. The molecule has 0 amide bonds. The topological polar surface area (TPSA) is 41.6 Å². The van der Waals surface area contributed by atoms with Crippen LogP contribution in [0.4, 0.5) is 0 Å². The quantitative estimate of drug-likeness (QED) is 0.325. The molecule has 0 N–H and O–H groups in total. The molecule has 32 heavy (non-hydrogen) atoms. The lowest BCUT2D eigenvalue weighted by atomic mass is 9.87. The molecule has 0 bridgehead atoms. The van der Waals surface area contributed by atoms with Crippen LogP contribution in [0.5, 0.6) is 0 Å². The summed E-state index contributed by atoms with van der Waals surface area (Å²) in [6.07, 6.45) is 1.05. The van der Waals surface area contributed by atoms with Gasteiger partial charge >= 0.3 is 0 Å². The zero-order valence-corrected chi connectivity index (χ0v) is 19.8. The first-order valence-electron chi connectivity index (χ1n) is 11.0. The van der Waals surface area contributed by atoms with E-state index in [0.717, 1.165) is 33.9 Å². The molecule has 0 aliphatic rings. The van der Waals surface area contributed by atoms with E-state index in [1.807, 2.05) is 42.5 Å². The molecule has 1 unspecified atom stereocenters. The Morgan fingerprint density at radius 3 is 2.41 bits per heavy atom. The highest BCUT2D eigenvalue weighted by molar-refractivity contribution is 6.31. The summed E-state index contributed by atoms with van der Waals surface area (Å²) in [5.41, 5.74) is 6.33. The van der Waals surface area contributed by atoms with Crippen molar-refractivity contribution in [3.05, 3.63) is 99.8 Å². The first-order valence-corrected chi connectivity index (χ1v) is 11.4. The fraction of sp³-hybridized carbons (Fsp3) is 0.286. The van der Waals surface area contributed by atoms with E-state index in [0.29, 0.717) is 12.1 Å². The van der Waals surface area contributed by atoms with Crippen LogP contribution < -0.4 is 0 Å². The second-order valence-electron chi connectivity index (χ2n) is 9.66. The number of nitriles is 1. The molecule has 0 saturated carbocycles. The summed E-state index contributed by atoms with van der Waals surface area (Å²) in [5.74, 6) is 1.07. The molecule has 1 aromatic heterocycles. The standard InChI is InChI=1S/C28H28ClN3/c1-19(22-12-9-20(10-13-22)16-28(2,3)4)27-31-25-15-21(17-30)11-14-26(25)32(27)18-23-7-5-6-8-24(23)29/h5-15,19H,16,18H2,1-4H3. The van der Waals surface area contributed by atoms with E-state index in [2.05, 4.69) is 62.6 Å². The minimum Gasteiger partial charge on any atom is -0.323 e. The maximum atomic E-state index is 9.34. The molecule has 1 atom stereocenters. The van der Waals surface area contributed by atoms with Gasteiger partial charge in [-0.1, -0.05) is 81.8 Å². The molecule has 4 heteroatoms. The van der Waals surface area contributed by atoms with Crippen LogP contribution in [0, 0.1) is 16.7 Å². The van der Waals surface area contributed by atoms with Crippen molar-refractivity contribution in [1.82, 2.24) is 9.55 Å². The number of hydrogen-bond donors (Lipinski definition) is 0. The molecular weight excluding hydrogens is 414 g/mol. The molecule has 4 rings (SSSR count). The summed E-state index contributed by atoms with van der Waals surface area (Å²) in [6.45, 7) is 9.60. The number of benzene rings is 3. The van der Waals surface area contributed by atoms with Crippen molar-refractivity contribution >= 4 is 22.6 Å². The number of hydrogen-bond acceptors (Lipinski definition) is 2. The van der Waals surface area contributed by atoms with Gasteiger partial charge in [0.25, 0.3) is 0 Å². The van der Waals surface area contributed by atoms with Crippen molar-refractivity contribution < 1.29 is 0 Å². The van der Waals surface area contributed by atoms with E-state index in [4.69, 9.17) is 16.6 Å². The molecule has 0 fully saturated rings. The number of aromatic nitrogens is 2. The van der Waals surface area contributed by atoms with Gasteiger partial charge in [0, 0.05) is 10.9 Å². The average molecular weight is 442 g/mol. The van der Waals surface area contributed by atoms with Gasteiger partial charge in [-0.25, -0.2) is 4.98 Å². The van der Waals surface area contributed by atoms with Crippen LogP contribution in [0.2, 0.25) is 5.02 Å². The molecule has 0 aliphatic carbocycles. The largest absolute Gasteiger partial charge is 0.323 e. The summed E-state index contributed by atoms with van der Waals surface area (Å²) in [5, 5.41) is 10.1. The monoisotopic (exact) mass is 441 g/mol. The molecule has 3 nitrogen and oxygen atoms in total. The summed E-state index contributed by atoms with van der Waals surface area (Å²) in [4.78, 5) is 4.97.